The number of nitrogens with two attached hydrogens (primary N) is 1. The molecule has 4 nitrogen and oxygen atoms in total. The van der Waals surface area contributed by atoms with E-state index in [-0.39, 0.29) is 17.8 Å². The van der Waals surface area contributed by atoms with E-state index in [4.69, 9.17) is 15.2 Å². The zero-order chi connectivity index (χ0) is 14.9. The summed E-state index contributed by atoms with van der Waals surface area (Å²) in [5.41, 5.74) is 5.79. The first-order valence-electron chi connectivity index (χ1n) is 6.99. The van der Waals surface area contributed by atoms with Crippen molar-refractivity contribution in [3.05, 3.63) is 35.6 Å². The highest BCUT2D eigenvalue weighted by molar-refractivity contribution is 8.13. The van der Waals surface area contributed by atoms with Gasteiger partial charge in [-0.15, -0.1) is 0 Å². The minimum Gasteiger partial charge on any atom is -0.382 e. The maximum atomic E-state index is 14.3. The molecule has 3 rings (SSSR count). The average Bonchev–Trinajstić information content (AvgIpc) is 2.48. The van der Waals surface area contributed by atoms with Crippen molar-refractivity contribution in [3.8, 4) is 0 Å². The highest BCUT2D eigenvalue weighted by Crippen LogP contribution is 2.46. The molecule has 0 spiro atoms. The van der Waals surface area contributed by atoms with Crippen molar-refractivity contribution in [1.29, 1.82) is 0 Å². The second-order valence-corrected chi connectivity index (χ2v) is 6.53. The van der Waals surface area contributed by atoms with Crippen molar-refractivity contribution in [3.63, 3.8) is 0 Å². The molecule has 1 aromatic rings. The van der Waals surface area contributed by atoms with Gasteiger partial charge in [0.15, 0.2) is 5.17 Å². The van der Waals surface area contributed by atoms with E-state index >= 15 is 0 Å². The zero-order valence-corrected chi connectivity index (χ0v) is 12.7. The van der Waals surface area contributed by atoms with Crippen LogP contribution in [0.15, 0.2) is 29.3 Å². The van der Waals surface area contributed by atoms with Gasteiger partial charge in [-0.2, -0.15) is 0 Å². The van der Waals surface area contributed by atoms with Crippen molar-refractivity contribution in [2.24, 2.45) is 16.6 Å². The van der Waals surface area contributed by atoms with Crippen LogP contribution in [-0.2, 0) is 15.0 Å². The van der Waals surface area contributed by atoms with E-state index in [1.54, 1.807) is 19.2 Å². The molecule has 0 bridgehead atoms. The van der Waals surface area contributed by atoms with E-state index in [2.05, 4.69) is 4.99 Å². The minimum absolute atomic E-state index is 0.0371. The zero-order valence-electron chi connectivity index (χ0n) is 11.9. The van der Waals surface area contributed by atoms with Crippen molar-refractivity contribution >= 4 is 16.9 Å². The van der Waals surface area contributed by atoms with Gasteiger partial charge in [0.05, 0.1) is 19.3 Å². The van der Waals surface area contributed by atoms with E-state index in [1.807, 2.05) is 6.07 Å². The van der Waals surface area contributed by atoms with Crippen LogP contribution in [0.25, 0.3) is 0 Å². The molecule has 2 N–H and O–H groups in total. The molecule has 0 aliphatic carbocycles. The SMILES string of the molecule is COCC1CC2CSC(N)=NC2(c2ccccc2F)CO1. The minimum atomic E-state index is -0.703. The molecule has 1 aromatic carbocycles. The summed E-state index contributed by atoms with van der Waals surface area (Å²) in [5.74, 6) is 0.771. The van der Waals surface area contributed by atoms with Gasteiger partial charge in [0.1, 0.15) is 11.4 Å². The summed E-state index contributed by atoms with van der Waals surface area (Å²) in [6.45, 7) is 0.890. The van der Waals surface area contributed by atoms with Crippen LogP contribution >= 0.6 is 11.8 Å². The van der Waals surface area contributed by atoms with E-state index < -0.39 is 5.54 Å². The van der Waals surface area contributed by atoms with E-state index in [1.165, 1.54) is 17.8 Å². The van der Waals surface area contributed by atoms with Gasteiger partial charge < -0.3 is 15.2 Å². The Bertz CT molecular complexity index is 554. The van der Waals surface area contributed by atoms with E-state index in [0.29, 0.717) is 23.9 Å². The Morgan fingerprint density at radius 2 is 2.33 bits per heavy atom. The van der Waals surface area contributed by atoms with Gasteiger partial charge in [0.2, 0.25) is 0 Å². The predicted molar refractivity (Wildman–Crippen MR) is 81.9 cm³/mol. The first-order valence-corrected chi connectivity index (χ1v) is 7.98. The van der Waals surface area contributed by atoms with Gasteiger partial charge in [0, 0.05) is 24.3 Å². The standard InChI is InChI=1S/C15H19FN2O2S/c1-19-7-11-6-10-8-21-14(17)18-15(10,9-20-11)12-4-2-3-5-13(12)16/h2-5,10-11H,6-9H2,1H3,(H2,17,18). The highest BCUT2D eigenvalue weighted by Gasteiger charge is 2.49. The van der Waals surface area contributed by atoms with E-state index in [9.17, 15) is 4.39 Å². The smallest absolute Gasteiger partial charge is 0.154 e. The molecule has 0 aromatic heterocycles. The summed E-state index contributed by atoms with van der Waals surface area (Å²) < 4.78 is 25.4. The second kappa shape index (κ2) is 5.94. The van der Waals surface area contributed by atoms with Crippen LogP contribution in [0.5, 0.6) is 0 Å². The fourth-order valence-corrected chi connectivity index (χ4v) is 4.17. The van der Waals surface area contributed by atoms with Crippen LogP contribution in [0, 0.1) is 11.7 Å². The number of methoxy groups -OCH3 is 1. The van der Waals surface area contributed by atoms with Gasteiger partial charge in [-0.05, 0) is 12.5 Å². The number of benzene rings is 1. The number of thioether (sulfide) groups is 1. The van der Waals surface area contributed by atoms with Crippen LogP contribution in [0.3, 0.4) is 0 Å². The van der Waals surface area contributed by atoms with Gasteiger partial charge in [-0.3, -0.25) is 0 Å². The summed E-state index contributed by atoms with van der Waals surface area (Å²) in [6.07, 6.45) is 0.835. The molecular formula is C15H19FN2O2S. The number of rotatable bonds is 3. The number of nitrogens with zero attached hydrogens (tertiary/aromatic N) is 1. The molecular weight excluding hydrogens is 291 g/mol. The average molecular weight is 310 g/mol. The molecule has 0 saturated carbocycles. The number of amidine groups is 1. The summed E-state index contributed by atoms with van der Waals surface area (Å²) in [5, 5.41) is 0.503. The van der Waals surface area contributed by atoms with Crippen molar-refractivity contribution in [2.75, 3.05) is 26.1 Å². The van der Waals surface area contributed by atoms with Gasteiger partial charge in [-0.1, -0.05) is 30.0 Å². The lowest BCUT2D eigenvalue weighted by Crippen LogP contribution is -2.51. The first-order chi connectivity index (χ1) is 10.2. The van der Waals surface area contributed by atoms with Crippen molar-refractivity contribution in [1.82, 2.24) is 0 Å². The molecule has 0 amide bonds. The Labute approximate surface area is 127 Å². The normalized spacial score (nSPS) is 32.4. The second-order valence-electron chi connectivity index (χ2n) is 5.49. The van der Waals surface area contributed by atoms with Crippen molar-refractivity contribution < 1.29 is 13.9 Å². The maximum Gasteiger partial charge on any atom is 0.154 e. The van der Waals surface area contributed by atoms with Gasteiger partial charge in [0.25, 0.3) is 0 Å². The fourth-order valence-electron chi connectivity index (χ4n) is 3.16. The third kappa shape index (κ3) is 2.67. The Balaban J connectivity index is 1.99. The molecule has 1 fully saturated rings. The van der Waals surface area contributed by atoms with Crippen LogP contribution < -0.4 is 5.73 Å². The van der Waals surface area contributed by atoms with Crippen molar-refractivity contribution in [2.45, 2.75) is 18.1 Å². The number of hydrogen-bond donors (Lipinski definition) is 1. The summed E-state index contributed by atoms with van der Waals surface area (Å²) in [7, 11) is 1.66. The third-order valence-electron chi connectivity index (χ3n) is 4.20. The lowest BCUT2D eigenvalue weighted by molar-refractivity contribution is -0.0836. The summed E-state index contributed by atoms with van der Waals surface area (Å²) in [6, 6.07) is 6.77. The van der Waals surface area contributed by atoms with Crippen LogP contribution in [0.1, 0.15) is 12.0 Å². The molecule has 0 radical (unpaired) electrons. The Hall–Kier alpha value is -1.11. The summed E-state index contributed by atoms with van der Waals surface area (Å²) >= 11 is 1.53. The Kier molecular flexibility index (Phi) is 4.19. The number of aliphatic imine (C=N–C) groups is 1. The molecule has 6 heteroatoms. The van der Waals surface area contributed by atoms with Gasteiger partial charge >= 0.3 is 0 Å². The van der Waals surface area contributed by atoms with Crippen LogP contribution in [-0.4, -0.2) is 37.3 Å². The van der Waals surface area contributed by atoms with Crippen LogP contribution in [0.2, 0.25) is 0 Å². The number of halogens is 1. The van der Waals surface area contributed by atoms with Gasteiger partial charge in [-0.25, -0.2) is 9.38 Å². The molecule has 3 unspecified atom stereocenters. The lowest BCUT2D eigenvalue weighted by Gasteiger charge is -2.46. The summed E-state index contributed by atoms with van der Waals surface area (Å²) in [4.78, 5) is 4.61. The third-order valence-corrected chi connectivity index (χ3v) is 5.15. The topological polar surface area (TPSA) is 56.8 Å². The molecule has 1 saturated heterocycles. The number of hydrogen-bond acceptors (Lipinski definition) is 5. The van der Waals surface area contributed by atoms with Crippen LogP contribution in [0.4, 0.5) is 4.39 Å². The predicted octanol–water partition coefficient (Wildman–Crippen LogP) is 2.13. The monoisotopic (exact) mass is 310 g/mol. The number of fused-ring (bicyclic) bond motifs is 1. The molecule has 21 heavy (non-hydrogen) atoms. The molecule has 114 valence electrons. The fraction of sp³-hybridized carbons (Fsp3) is 0.533. The quantitative estimate of drug-likeness (QED) is 0.929. The first kappa shape index (κ1) is 14.8. The molecule has 2 heterocycles. The molecule has 2 aliphatic rings. The maximum absolute atomic E-state index is 14.3. The lowest BCUT2D eigenvalue weighted by atomic mass is 9.75. The largest absolute Gasteiger partial charge is 0.382 e. The van der Waals surface area contributed by atoms with E-state index in [0.717, 1.165) is 12.2 Å². The molecule has 2 aliphatic heterocycles. The number of ether oxygens (including phenoxy) is 2. The highest BCUT2D eigenvalue weighted by atomic mass is 32.2. The Morgan fingerprint density at radius 1 is 1.52 bits per heavy atom. The molecule has 3 atom stereocenters. The Morgan fingerprint density at radius 3 is 3.10 bits per heavy atom.